The number of carbonyl (C=O) groups excluding carboxylic acids is 1. The number of aromatic nitrogens is 5. The van der Waals surface area contributed by atoms with Crippen molar-refractivity contribution in [3.8, 4) is 28.5 Å². The maximum absolute atomic E-state index is 13.1. The van der Waals surface area contributed by atoms with Gasteiger partial charge < -0.3 is 14.6 Å². The Morgan fingerprint density at radius 3 is 2.78 bits per heavy atom. The van der Waals surface area contributed by atoms with E-state index >= 15 is 0 Å². The van der Waals surface area contributed by atoms with E-state index in [1.807, 2.05) is 34.7 Å². The van der Waals surface area contributed by atoms with E-state index in [0.717, 1.165) is 11.3 Å². The number of hydrogen-bond donors (Lipinski definition) is 1. The first kappa shape index (κ1) is 19.4. The van der Waals surface area contributed by atoms with Crippen LogP contribution in [0.25, 0.3) is 28.3 Å². The summed E-state index contributed by atoms with van der Waals surface area (Å²) in [6.45, 7) is 1.70. The Balaban J connectivity index is 1.48. The molecule has 1 N–H and O–H groups in total. The van der Waals surface area contributed by atoms with Crippen molar-refractivity contribution >= 4 is 17.2 Å². The lowest BCUT2D eigenvalue weighted by atomic mass is 10.1. The van der Waals surface area contributed by atoms with Crippen LogP contribution in [0, 0.1) is 6.92 Å². The number of aryl methyl sites for hydroxylation is 1. The Morgan fingerprint density at radius 2 is 1.97 bits per heavy atom. The van der Waals surface area contributed by atoms with Gasteiger partial charge in [0, 0.05) is 18.0 Å². The van der Waals surface area contributed by atoms with E-state index in [-0.39, 0.29) is 11.8 Å². The fourth-order valence-corrected chi connectivity index (χ4v) is 3.48. The zero-order valence-electron chi connectivity index (χ0n) is 17.3. The summed E-state index contributed by atoms with van der Waals surface area (Å²) in [6.07, 6.45) is 6.86. The molecule has 0 bridgehead atoms. The molecule has 0 aliphatic heterocycles. The summed E-state index contributed by atoms with van der Waals surface area (Å²) in [5.74, 6) is 0.329. The molecule has 0 spiro atoms. The normalized spacial score (nSPS) is 10.9. The number of nitrogens with one attached hydrogen (secondary N) is 1. The Morgan fingerprint density at radius 1 is 1.12 bits per heavy atom. The molecule has 0 saturated carbocycles. The second kappa shape index (κ2) is 7.95. The maximum Gasteiger partial charge on any atom is 0.261 e. The molecule has 4 heterocycles. The minimum atomic E-state index is -0.365. The third kappa shape index (κ3) is 3.35. The van der Waals surface area contributed by atoms with Gasteiger partial charge in [0.1, 0.15) is 22.7 Å². The Labute approximate surface area is 182 Å². The van der Waals surface area contributed by atoms with E-state index in [9.17, 15) is 4.79 Å². The van der Waals surface area contributed by atoms with Crippen LogP contribution in [0.4, 0.5) is 5.69 Å². The second-order valence-corrected chi connectivity index (χ2v) is 6.98. The molecule has 1 aromatic carbocycles. The summed E-state index contributed by atoms with van der Waals surface area (Å²) in [7, 11) is 1.50. The minimum absolute atomic E-state index is 0.273. The second-order valence-electron chi connectivity index (χ2n) is 6.98. The van der Waals surface area contributed by atoms with Gasteiger partial charge in [-0.2, -0.15) is 0 Å². The highest BCUT2D eigenvalue weighted by Gasteiger charge is 2.23. The number of benzene rings is 1. The molecule has 0 saturated heterocycles. The third-order valence-electron chi connectivity index (χ3n) is 5.02. The number of nitrogens with zero attached hydrogens (tertiary/aromatic N) is 5. The van der Waals surface area contributed by atoms with Crippen LogP contribution in [0.15, 0.2) is 71.8 Å². The van der Waals surface area contributed by atoms with Crippen molar-refractivity contribution in [2.45, 2.75) is 6.92 Å². The summed E-state index contributed by atoms with van der Waals surface area (Å²) in [6, 6.07) is 12.9. The van der Waals surface area contributed by atoms with E-state index in [1.54, 1.807) is 43.8 Å². The molecule has 5 rings (SSSR count). The van der Waals surface area contributed by atoms with Crippen molar-refractivity contribution in [2.75, 3.05) is 12.4 Å². The first-order chi connectivity index (χ1) is 15.7. The highest BCUT2D eigenvalue weighted by Crippen LogP contribution is 2.30. The van der Waals surface area contributed by atoms with Gasteiger partial charge >= 0.3 is 0 Å². The van der Waals surface area contributed by atoms with Gasteiger partial charge in [-0.05, 0) is 19.1 Å². The molecule has 1 amide bonds. The first-order valence-corrected chi connectivity index (χ1v) is 9.81. The van der Waals surface area contributed by atoms with E-state index < -0.39 is 0 Å². The Hall–Kier alpha value is -4.53. The lowest BCUT2D eigenvalue weighted by molar-refractivity contribution is 0.102. The fraction of sp³-hybridized carbons (Fsp3) is 0.0870. The van der Waals surface area contributed by atoms with Crippen molar-refractivity contribution in [1.29, 1.82) is 0 Å². The highest BCUT2D eigenvalue weighted by atomic mass is 16.5. The average Bonchev–Trinajstić information content (AvgIpc) is 3.43. The topological polar surface area (TPSA) is 107 Å². The lowest BCUT2D eigenvalue weighted by Gasteiger charge is -2.11. The molecule has 158 valence electrons. The summed E-state index contributed by atoms with van der Waals surface area (Å²) >= 11 is 0. The summed E-state index contributed by atoms with van der Waals surface area (Å²) in [5, 5.41) is 6.94. The minimum Gasteiger partial charge on any atom is -0.479 e. The number of hydrogen-bond acceptors (Lipinski definition) is 7. The lowest BCUT2D eigenvalue weighted by Crippen LogP contribution is -2.14. The zero-order valence-corrected chi connectivity index (χ0v) is 17.3. The van der Waals surface area contributed by atoms with Crippen LogP contribution in [0.1, 0.15) is 16.1 Å². The quantitative estimate of drug-likeness (QED) is 0.452. The zero-order chi connectivity index (χ0) is 22.1. The van der Waals surface area contributed by atoms with Crippen molar-refractivity contribution in [3.63, 3.8) is 0 Å². The SMILES string of the molecule is COc1nc(-c2cnc3cnccn23)ccc1NC(=O)c1c(-c2ccccc2)noc1C. The number of amides is 1. The molecule has 0 fully saturated rings. The van der Waals surface area contributed by atoms with Crippen molar-refractivity contribution < 1.29 is 14.1 Å². The molecular formula is C23H18N6O3. The molecule has 0 unspecified atom stereocenters. The number of pyridine rings is 1. The Bertz CT molecular complexity index is 1420. The number of rotatable bonds is 5. The van der Waals surface area contributed by atoms with Gasteiger partial charge in [-0.15, -0.1) is 0 Å². The largest absolute Gasteiger partial charge is 0.479 e. The molecule has 5 aromatic rings. The molecule has 0 atom stereocenters. The van der Waals surface area contributed by atoms with Gasteiger partial charge in [0.05, 0.1) is 30.9 Å². The van der Waals surface area contributed by atoms with Gasteiger partial charge in [0.15, 0.2) is 5.65 Å². The van der Waals surface area contributed by atoms with Crippen LogP contribution in [-0.2, 0) is 0 Å². The summed E-state index contributed by atoms with van der Waals surface area (Å²) < 4.78 is 12.6. The number of anilines is 1. The highest BCUT2D eigenvalue weighted by molar-refractivity contribution is 6.09. The fourth-order valence-electron chi connectivity index (χ4n) is 3.48. The van der Waals surface area contributed by atoms with Crippen LogP contribution in [0.3, 0.4) is 0 Å². The van der Waals surface area contributed by atoms with E-state index in [1.165, 1.54) is 7.11 Å². The van der Waals surface area contributed by atoms with E-state index in [0.29, 0.717) is 34.0 Å². The average molecular weight is 426 g/mol. The molecular weight excluding hydrogens is 408 g/mol. The molecule has 4 aromatic heterocycles. The molecule has 0 aliphatic rings. The smallest absolute Gasteiger partial charge is 0.261 e. The number of ether oxygens (including phenoxy) is 1. The monoisotopic (exact) mass is 426 g/mol. The van der Waals surface area contributed by atoms with Gasteiger partial charge in [-0.25, -0.2) is 9.97 Å². The standard InChI is InChI=1S/C23H18N6O3/c1-14-20(21(28-32-14)15-6-4-3-5-7-15)22(30)26-17-9-8-16(27-23(17)31-2)18-12-25-19-13-24-10-11-29(18)19/h3-13H,1-2H3,(H,26,30). The van der Waals surface area contributed by atoms with Gasteiger partial charge in [0.25, 0.3) is 5.91 Å². The predicted molar refractivity (Wildman–Crippen MR) is 117 cm³/mol. The maximum atomic E-state index is 13.1. The molecule has 0 aliphatic carbocycles. The van der Waals surface area contributed by atoms with Gasteiger partial charge in [0.2, 0.25) is 5.88 Å². The van der Waals surface area contributed by atoms with Crippen LogP contribution in [-0.4, -0.2) is 37.5 Å². The molecule has 9 heteroatoms. The van der Waals surface area contributed by atoms with Crippen LogP contribution in [0.2, 0.25) is 0 Å². The van der Waals surface area contributed by atoms with Crippen LogP contribution in [0.5, 0.6) is 5.88 Å². The van der Waals surface area contributed by atoms with Gasteiger partial charge in [-0.3, -0.25) is 14.2 Å². The molecule has 9 nitrogen and oxygen atoms in total. The number of imidazole rings is 1. The Kier molecular flexibility index (Phi) is 4.83. The summed E-state index contributed by atoms with van der Waals surface area (Å²) in [4.78, 5) is 26.1. The van der Waals surface area contributed by atoms with E-state index in [2.05, 4.69) is 25.4 Å². The van der Waals surface area contributed by atoms with Crippen molar-refractivity contribution in [3.05, 3.63) is 78.6 Å². The van der Waals surface area contributed by atoms with Gasteiger partial charge in [-0.1, -0.05) is 35.5 Å². The molecule has 32 heavy (non-hydrogen) atoms. The number of methoxy groups -OCH3 is 1. The molecule has 0 radical (unpaired) electrons. The third-order valence-corrected chi connectivity index (χ3v) is 5.02. The van der Waals surface area contributed by atoms with E-state index in [4.69, 9.17) is 9.26 Å². The van der Waals surface area contributed by atoms with Crippen LogP contribution >= 0.6 is 0 Å². The van der Waals surface area contributed by atoms with Crippen molar-refractivity contribution in [1.82, 2.24) is 24.5 Å². The van der Waals surface area contributed by atoms with Crippen LogP contribution < -0.4 is 10.1 Å². The number of carbonyl (C=O) groups is 1. The number of fused-ring (bicyclic) bond motifs is 1. The van der Waals surface area contributed by atoms with Crippen molar-refractivity contribution in [2.24, 2.45) is 0 Å². The summed E-state index contributed by atoms with van der Waals surface area (Å²) in [5.41, 5.74) is 4.18. The first-order valence-electron chi connectivity index (χ1n) is 9.81. The predicted octanol–water partition coefficient (Wildman–Crippen LogP) is 4.02.